The van der Waals surface area contributed by atoms with Crippen LogP contribution in [0.15, 0.2) is 48.5 Å². The van der Waals surface area contributed by atoms with Crippen molar-refractivity contribution in [3.63, 3.8) is 0 Å². The summed E-state index contributed by atoms with van der Waals surface area (Å²) in [6, 6.07) is 16.1. The van der Waals surface area contributed by atoms with Crippen molar-refractivity contribution in [1.82, 2.24) is 0 Å². The molecule has 0 aliphatic carbocycles. The molecule has 32 heavy (non-hydrogen) atoms. The number of carbonyl (C=O) groups excluding carboxylic acids is 1. The predicted octanol–water partition coefficient (Wildman–Crippen LogP) is 4.24. The monoisotopic (exact) mass is 463 g/mol. The van der Waals surface area contributed by atoms with Gasteiger partial charge >= 0.3 is 7.82 Å². The maximum atomic E-state index is 12.0. The van der Waals surface area contributed by atoms with Crippen LogP contribution in [0.4, 0.5) is 0 Å². The molecule has 0 heterocycles. The molecule has 0 aromatic heterocycles. The van der Waals surface area contributed by atoms with Gasteiger partial charge in [-0.3, -0.25) is 9.32 Å². The number of nitrogens with two attached hydrogens (primary N) is 1. The van der Waals surface area contributed by atoms with Gasteiger partial charge in [-0.05, 0) is 42.4 Å². The fourth-order valence-corrected chi connectivity index (χ4v) is 3.90. The minimum absolute atomic E-state index is 0.176. The van der Waals surface area contributed by atoms with Gasteiger partial charge in [0.05, 0.1) is 18.8 Å². The molecular formula is C24H34NO6P. The van der Waals surface area contributed by atoms with Gasteiger partial charge in [0.1, 0.15) is 0 Å². The Labute approximate surface area is 189 Å². The molecule has 0 amide bonds. The summed E-state index contributed by atoms with van der Waals surface area (Å²) >= 11 is 0. The highest BCUT2D eigenvalue weighted by Gasteiger charge is 2.28. The third-order valence-electron chi connectivity index (χ3n) is 5.45. The topological polar surface area (TPSA) is 130 Å². The molecule has 0 radical (unpaired) electrons. The van der Waals surface area contributed by atoms with Gasteiger partial charge in [-0.15, -0.1) is 0 Å². The molecule has 2 aromatic rings. The molecule has 7 nitrogen and oxygen atoms in total. The minimum Gasteiger partial charge on any atom is -0.394 e. The molecule has 0 saturated carbocycles. The number of ketones is 1. The normalized spacial score (nSPS) is 13.7. The van der Waals surface area contributed by atoms with E-state index in [2.05, 4.69) is 28.8 Å². The van der Waals surface area contributed by atoms with E-state index < -0.39 is 20.0 Å². The minimum atomic E-state index is -4.60. The van der Waals surface area contributed by atoms with Crippen molar-refractivity contribution in [3.8, 4) is 11.1 Å². The number of aliphatic hydroxyl groups is 1. The maximum Gasteiger partial charge on any atom is 0.469 e. The van der Waals surface area contributed by atoms with Gasteiger partial charge in [0, 0.05) is 12.0 Å². The number of rotatable bonds is 14. The zero-order valence-corrected chi connectivity index (χ0v) is 19.5. The Morgan fingerprint density at radius 3 is 2.12 bits per heavy atom. The Balaban J connectivity index is 1.78. The second-order valence-corrected chi connectivity index (χ2v) is 9.53. The van der Waals surface area contributed by atoms with Crippen molar-refractivity contribution < 1.29 is 28.8 Å². The fraction of sp³-hybridized carbons (Fsp3) is 0.458. The third-order valence-corrected chi connectivity index (χ3v) is 5.91. The Kier molecular flexibility index (Phi) is 10.2. The quantitative estimate of drug-likeness (QED) is 0.187. The van der Waals surface area contributed by atoms with Gasteiger partial charge in [-0.2, -0.15) is 0 Å². The number of aryl methyl sites for hydroxylation is 1. The highest BCUT2D eigenvalue weighted by Crippen LogP contribution is 2.37. The van der Waals surface area contributed by atoms with E-state index in [0.29, 0.717) is 12.8 Å². The molecule has 8 heteroatoms. The molecule has 0 aliphatic rings. The third kappa shape index (κ3) is 8.94. The lowest BCUT2D eigenvalue weighted by Gasteiger charge is -2.26. The van der Waals surface area contributed by atoms with Crippen LogP contribution in [0.2, 0.25) is 0 Å². The van der Waals surface area contributed by atoms with Crippen LogP contribution in [-0.4, -0.2) is 39.4 Å². The lowest BCUT2D eigenvalue weighted by Crippen LogP contribution is -2.47. The summed E-state index contributed by atoms with van der Waals surface area (Å²) in [5, 5.41) is 9.43. The summed E-state index contributed by atoms with van der Waals surface area (Å²) in [6.07, 6.45) is 5.28. The van der Waals surface area contributed by atoms with Crippen molar-refractivity contribution >= 4 is 13.6 Å². The smallest absolute Gasteiger partial charge is 0.394 e. The average molecular weight is 464 g/mol. The second-order valence-electron chi connectivity index (χ2n) is 8.29. The summed E-state index contributed by atoms with van der Waals surface area (Å²) in [6.45, 7) is 1.21. The number of hydrogen-bond donors (Lipinski definition) is 4. The van der Waals surface area contributed by atoms with E-state index >= 15 is 0 Å². The molecule has 0 aliphatic heterocycles. The lowest BCUT2D eigenvalue weighted by molar-refractivity contribution is 0.0979. The summed E-state index contributed by atoms with van der Waals surface area (Å²) < 4.78 is 15.3. The number of carbonyl (C=O) groups is 1. The Morgan fingerprint density at radius 1 is 1.00 bits per heavy atom. The van der Waals surface area contributed by atoms with Crippen LogP contribution in [0.1, 0.15) is 61.4 Å². The molecule has 176 valence electrons. The second kappa shape index (κ2) is 12.4. The molecule has 2 aromatic carbocycles. The number of benzene rings is 2. The Hall–Kier alpha value is -1.86. The van der Waals surface area contributed by atoms with Crippen LogP contribution in [-0.2, 0) is 15.5 Å². The van der Waals surface area contributed by atoms with Crippen LogP contribution in [0.3, 0.4) is 0 Å². The highest BCUT2D eigenvalue weighted by atomic mass is 31.2. The van der Waals surface area contributed by atoms with E-state index in [4.69, 9.17) is 15.5 Å². The maximum absolute atomic E-state index is 12.0. The summed E-state index contributed by atoms with van der Waals surface area (Å²) in [4.78, 5) is 29.6. The van der Waals surface area contributed by atoms with E-state index in [1.807, 2.05) is 31.2 Å². The number of phosphoric ester groups is 1. The molecule has 0 fully saturated rings. The molecule has 2 rings (SSSR count). The first-order valence-electron chi connectivity index (χ1n) is 11.0. The van der Waals surface area contributed by atoms with E-state index in [0.717, 1.165) is 48.8 Å². The number of Topliss-reactive ketones (excluding diaryl/α,β-unsaturated/α-hetero) is 1. The van der Waals surface area contributed by atoms with Crippen molar-refractivity contribution in [1.29, 1.82) is 0 Å². The molecule has 1 unspecified atom stereocenters. The van der Waals surface area contributed by atoms with Gasteiger partial charge in [-0.1, -0.05) is 68.3 Å². The Morgan fingerprint density at radius 2 is 1.59 bits per heavy atom. The molecule has 0 saturated heterocycles. The van der Waals surface area contributed by atoms with Gasteiger partial charge in [0.2, 0.25) is 0 Å². The highest BCUT2D eigenvalue weighted by molar-refractivity contribution is 7.46. The number of phosphoric acid groups is 1. The van der Waals surface area contributed by atoms with Crippen molar-refractivity contribution in [2.75, 3.05) is 13.2 Å². The molecule has 5 N–H and O–H groups in total. The number of hydrogen-bond acceptors (Lipinski definition) is 5. The lowest BCUT2D eigenvalue weighted by atomic mass is 9.94. The summed E-state index contributed by atoms with van der Waals surface area (Å²) in [5.41, 5.74) is 8.97. The first kappa shape index (κ1) is 26.4. The molecule has 1 atom stereocenters. The van der Waals surface area contributed by atoms with Gasteiger partial charge < -0.3 is 20.6 Å². The number of aliphatic hydroxyl groups excluding tert-OH is 1. The van der Waals surface area contributed by atoms with Gasteiger partial charge in [-0.25, -0.2) is 4.57 Å². The SMILES string of the molecule is CCCC(=O)c1ccc(-c2ccc(CCCCCC(N)(CO)COP(=O)(O)O)cc2)cc1. The first-order chi connectivity index (χ1) is 15.2. The first-order valence-corrected chi connectivity index (χ1v) is 12.5. The van der Waals surface area contributed by atoms with Crippen LogP contribution < -0.4 is 5.73 Å². The fourth-order valence-electron chi connectivity index (χ4n) is 3.48. The zero-order valence-electron chi connectivity index (χ0n) is 18.6. The largest absolute Gasteiger partial charge is 0.469 e. The predicted molar refractivity (Wildman–Crippen MR) is 125 cm³/mol. The summed E-state index contributed by atoms with van der Waals surface area (Å²) in [7, 11) is -4.60. The van der Waals surface area contributed by atoms with Gasteiger partial charge in [0.15, 0.2) is 5.78 Å². The van der Waals surface area contributed by atoms with E-state index in [1.165, 1.54) is 5.56 Å². The van der Waals surface area contributed by atoms with Crippen LogP contribution in [0.5, 0.6) is 0 Å². The van der Waals surface area contributed by atoms with Crippen molar-refractivity contribution in [2.24, 2.45) is 5.73 Å². The van der Waals surface area contributed by atoms with Gasteiger partial charge in [0.25, 0.3) is 0 Å². The molecular weight excluding hydrogens is 429 g/mol. The molecule has 0 spiro atoms. The van der Waals surface area contributed by atoms with Crippen LogP contribution in [0, 0.1) is 0 Å². The molecule has 0 bridgehead atoms. The zero-order chi connectivity index (χ0) is 23.6. The van der Waals surface area contributed by atoms with Crippen molar-refractivity contribution in [3.05, 3.63) is 59.7 Å². The number of unbranched alkanes of at least 4 members (excludes halogenated alkanes) is 2. The Bertz CT molecular complexity index is 894. The van der Waals surface area contributed by atoms with Crippen LogP contribution in [0.25, 0.3) is 11.1 Å². The summed E-state index contributed by atoms with van der Waals surface area (Å²) in [5.74, 6) is 0.176. The standard InChI is InChI=1S/C24H34NO6P/c1-2-6-23(27)22-14-12-21(13-15-22)20-10-8-19(9-11-20)7-4-3-5-16-24(25,17-26)18-31-32(28,29)30/h8-15,26H,2-7,16-18,25H2,1H3,(H2,28,29,30). The van der Waals surface area contributed by atoms with Crippen LogP contribution >= 0.6 is 7.82 Å². The average Bonchev–Trinajstić information content (AvgIpc) is 2.78. The van der Waals surface area contributed by atoms with E-state index in [9.17, 15) is 14.5 Å². The van der Waals surface area contributed by atoms with Crippen molar-refractivity contribution in [2.45, 2.75) is 57.4 Å². The van der Waals surface area contributed by atoms with E-state index in [1.54, 1.807) is 0 Å². The van der Waals surface area contributed by atoms with E-state index in [-0.39, 0.29) is 12.4 Å².